The number of aliphatic imine (C=N–C) groups is 1. The highest BCUT2D eigenvalue weighted by atomic mass is 16.5. The molecule has 2 heterocycles. The third kappa shape index (κ3) is 1.20. The highest BCUT2D eigenvalue weighted by Gasteiger charge is 2.23. The van der Waals surface area contributed by atoms with Gasteiger partial charge in [-0.2, -0.15) is 0 Å². The molecule has 0 radical (unpaired) electrons. The van der Waals surface area contributed by atoms with Crippen LogP contribution in [0.4, 0.5) is 5.69 Å². The number of aromatic nitrogens is 1. The molecule has 1 aliphatic heterocycles. The summed E-state index contributed by atoms with van der Waals surface area (Å²) in [5.41, 5.74) is 9.71. The van der Waals surface area contributed by atoms with Gasteiger partial charge in [0.05, 0.1) is 16.9 Å². The molecule has 0 spiro atoms. The Morgan fingerprint density at radius 1 is 1.31 bits per heavy atom. The van der Waals surface area contributed by atoms with Crippen molar-refractivity contribution in [1.29, 1.82) is 0 Å². The van der Waals surface area contributed by atoms with Gasteiger partial charge in [-0.3, -0.25) is 4.99 Å². The van der Waals surface area contributed by atoms with Crippen molar-refractivity contribution in [2.75, 3.05) is 0 Å². The zero-order valence-corrected chi connectivity index (χ0v) is 8.84. The number of para-hydroxylation sites is 1. The van der Waals surface area contributed by atoms with Gasteiger partial charge in [-0.1, -0.05) is 23.4 Å². The van der Waals surface area contributed by atoms with Gasteiger partial charge in [0.2, 0.25) is 0 Å². The van der Waals surface area contributed by atoms with E-state index in [2.05, 4.69) is 10.1 Å². The molecule has 80 valence electrons. The van der Waals surface area contributed by atoms with Crippen LogP contribution in [0.25, 0.3) is 11.1 Å². The predicted molar refractivity (Wildman–Crippen MR) is 61.8 cm³/mol. The van der Waals surface area contributed by atoms with Gasteiger partial charge in [0.15, 0.2) is 5.76 Å². The number of hydrogen-bond donors (Lipinski definition) is 1. The molecule has 1 atom stereocenters. The van der Waals surface area contributed by atoms with Crippen molar-refractivity contribution in [1.82, 2.24) is 5.16 Å². The van der Waals surface area contributed by atoms with Crippen LogP contribution >= 0.6 is 0 Å². The van der Waals surface area contributed by atoms with Crippen molar-refractivity contribution >= 4 is 11.9 Å². The van der Waals surface area contributed by atoms with E-state index in [0.717, 1.165) is 22.5 Å². The maximum Gasteiger partial charge on any atom is 0.167 e. The van der Waals surface area contributed by atoms with E-state index in [1.165, 1.54) is 0 Å². The van der Waals surface area contributed by atoms with E-state index in [1.807, 2.05) is 31.2 Å². The molecule has 0 fully saturated rings. The minimum absolute atomic E-state index is 0.330. The molecule has 0 amide bonds. The Morgan fingerprint density at radius 3 is 3.00 bits per heavy atom. The van der Waals surface area contributed by atoms with E-state index in [1.54, 1.807) is 6.21 Å². The fourth-order valence-electron chi connectivity index (χ4n) is 1.97. The van der Waals surface area contributed by atoms with E-state index in [0.29, 0.717) is 5.76 Å². The van der Waals surface area contributed by atoms with Crippen LogP contribution in [0, 0.1) is 6.92 Å². The number of rotatable bonds is 0. The summed E-state index contributed by atoms with van der Waals surface area (Å²) < 4.78 is 5.27. The van der Waals surface area contributed by atoms with Crippen LogP contribution in [0.2, 0.25) is 0 Å². The molecule has 1 aromatic heterocycles. The average Bonchev–Trinajstić information content (AvgIpc) is 2.61. The number of fused-ring (bicyclic) bond motifs is 3. The predicted octanol–water partition coefficient (Wildman–Crippen LogP) is 2.37. The third-order valence-electron chi connectivity index (χ3n) is 2.74. The summed E-state index contributed by atoms with van der Waals surface area (Å²) in [6.07, 6.45) is 1.69. The maximum absolute atomic E-state index is 5.96. The van der Waals surface area contributed by atoms with Gasteiger partial charge in [0.25, 0.3) is 0 Å². The van der Waals surface area contributed by atoms with Gasteiger partial charge >= 0.3 is 0 Å². The lowest BCUT2D eigenvalue weighted by atomic mass is 10.0. The first-order chi connectivity index (χ1) is 7.77. The molecule has 4 nitrogen and oxygen atoms in total. The molecular weight excluding hydrogens is 202 g/mol. The molecule has 4 heteroatoms. The van der Waals surface area contributed by atoms with Crippen molar-refractivity contribution in [3.05, 3.63) is 35.7 Å². The quantitative estimate of drug-likeness (QED) is 0.730. The summed E-state index contributed by atoms with van der Waals surface area (Å²) in [4.78, 5) is 4.36. The summed E-state index contributed by atoms with van der Waals surface area (Å²) in [5.74, 6) is 0.686. The number of nitrogens with zero attached hydrogens (tertiary/aromatic N) is 2. The van der Waals surface area contributed by atoms with Crippen LogP contribution in [0.5, 0.6) is 0 Å². The lowest BCUT2D eigenvalue weighted by molar-refractivity contribution is 0.377. The molecule has 3 rings (SSSR count). The van der Waals surface area contributed by atoms with E-state index < -0.39 is 0 Å². The normalized spacial score (nSPS) is 17.8. The van der Waals surface area contributed by atoms with Gasteiger partial charge in [0.1, 0.15) is 6.04 Å². The fourth-order valence-corrected chi connectivity index (χ4v) is 1.97. The Kier molecular flexibility index (Phi) is 1.91. The zero-order chi connectivity index (χ0) is 11.1. The molecule has 2 N–H and O–H groups in total. The van der Waals surface area contributed by atoms with Crippen molar-refractivity contribution in [2.24, 2.45) is 10.7 Å². The molecule has 1 aromatic carbocycles. The molecule has 0 aliphatic carbocycles. The molecule has 2 aromatic rings. The number of benzene rings is 1. The van der Waals surface area contributed by atoms with Crippen LogP contribution in [-0.2, 0) is 0 Å². The Hall–Kier alpha value is -1.94. The first kappa shape index (κ1) is 9.30. The monoisotopic (exact) mass is 213 g/mol. The summed E-state index contributed by atoms with van der Waals surface area (Å²) in [6.45, 7) is 1.91. The summed E-state index contributed by atoms with van der Waals surface area (Å²) in [6, 6.07) is 7.56. The number of aryl methyl sites for hydroxylation is 1. The first-order valence-corrected chi connectivity index (χ1v) is 5.12. The zero-order valence-electron chi connectivity index (χ0n) is 8.84. The van der Waals surface area contributed by atoms with E-state index in [4.69, 9.17) is 10.3 Å². The van der Waals surface area contributed by atoms with Gasteiger partial charge in [-0.05, 0) is 13.0 Å². The Bertz CT molecular complexity index is 571. The van der Waals surface area contributed by atoms with E-state index >= 15 is 0 Å². The Balaban J connectivity index is 2.37. The fraction of sp³-hybridized carbons (Fsp3) is 0.167. The van der Waals surface area contributed by atoms with Gasteiger partial charge in [0, 0.05) is 11.8 Å². The van der Waals surface area contributed by atoms with Crippen LogP contribution < -0.4 is 5.73 Å². The Morgan fingerprint density at radius 2 is 2.12 bits per heavy atom. The second-order valence-electron chi connectivity index (χ2n) is 3.83. The summed E-state index contributed by atoms with van der Waals surface area (Å²) in [5, 5.41) is 3.97. The van der Waals surface area contributed by atoms with Crippen LogP contribution in [0.1, 0.15) is 17.5 Å². The lowest BCUT2D eigenvalue weighted by Crippen LogP contribution is -2.10. The topological polar surface area (TPSA) is 64.4 Å². The van der Waals surface area contributed by atoms with Crippen molar-refractivity contribution in [3.63, 3.8) is 0 Å². The van der Waals surface area contributed by atoms with Crippen LogP contribution in [0.15, 0.2) is 33.8 Å². The van der Waals surface area contributed by atoms with Crippen LogP contribution in [0.3, 0.4) is 0 Å². The standard InChI is InChI=1S/C12H11N3O/c1-7-11-8-4-2-3-5-10(8)14-6-9(13)12(11)16-15-7/h2-6,9H,13H2,1H3. The minimum Gasteiger partial charge on any atom is -0.358 e. The van der Waals surface area contributed by atoms with Crippen LogP contribution in [-0.4, -0.2) is 11.4 Å². The van der Waals surface area contributed by atoms with Crippen molar-refractivity contribution in [3.8, 4) is 11.1 Å². The third-order valence-corrected chi connectivity index (χ3v) is 2.74. The Labute approximate surface area is 92.8 Å². The maximum atomic E-state index is 5.96. The molecular formula is C12H11N3O. The number of hydrogen-bond acceptors (Lipinski definition) is 4. The molecule has 1 aliphatic rings. The van der Waals surface area contributed by atoms with Gasteiger partial charge < -0.3 is 10.3 Å². The smallest absolute Gasteiger partial charge is 0.167 e. The summed E-state index contributed by atoms with van der Waals surface area (Å²) >= 11 is 0. The molecule has 1 unspecified atom stereocenters. The average molecular weight is 213 g/mol. The first-order valence-electron chi connectivity index (χ1n) is 5.12. The minimum atomic E-state index is -0.330. The second kappa shape index (κ2) is 3.28. The van der Waals surface area contributed by atoms with E-state index in [-0.39, 0.29) is 6.04 Å². The molecule has 0 saturated carbocycles. The summed E-state index contributed by atoms with van der Waals surface area (Å²) in [7, 11) is 0. The van der Waals surface area contributed by atoms with Gasteiger partial charge in [-0.25, -0.2) is 0 Å². The van der Waals surface area contributed by atoms with Crippen molar-refractivity contribution < 1.29 is 4.52 Å². The molecule has 0 saturated heterocycles. The largest absolute Gasteiger partial charge is 0.358 e. The molecule has 16 heavy (non-hydrogen) atoms. The highest BCUT2D eigenvalue weighted by molar-refractivity contribution is 5.87. The molecule has 0 bridgehead atoms. The van der Waals surface area contributed by atoms with Crippen molar-refractivity contribution in [2.45, 2.75) is 13.0 Å². The SMILES string of the molecule is Cc1noc2c1-c1ccccc1N=CC2N. The lowest BCUT2D eigenvalue weighted by Gasteiger charge is -2.03. The van der Waals surface area contributed by atoms with E-state index in [9.17, 15) is 0 Å². The highest BCUT2D eigenvalue weighted by Crippen LogP contribution is 2.38. The van der Waals surface area contributed by atoms with Gasteiger partial charge in [-0.15, -0.1) is 0 Å². The number of nitrogens with two attached hydrogens (primary N) is 1. The second-order valence-corrected chi connectivity index (χ2v) is 3.83.